The van der Waals surface area contributed by atoms with E-state index in [0.29, 0.717) is 0 Å². The van der Waals surface area contributed by atoms with Crippen LogP contribution in [0.3, 0.4) is 0 Å². The van der Waals surface area contributed by atoms with Crippen LogP contribution in [0.25, 0.3) is 0 Å². The fourth-order valence-electron chi connectivity index (χ4n) is 2.87. The molecule has 1 aromatic carbocycles. The first-order valence-corrected chi connectivity index (χ1v) is 9.59. The number of hydrogen-bond donors (Lipinski definition) is 1. The lowest BCUT2D eigenvalue weighted by molar-refractivity contribution is 0.847. The SMILES string of the molecule is C=C(CCc1ccc(CC)cc1)N(CC1=CCCS1)c1ccn[nH]1. The molecule has 2 heterocycles. The molecule has 3 rings (SSSR count). The van der Waals surface area contributed by atoms with Gasteiger partial charge in [0.2, 0.25) is 0 Å². The zero-order valence-electron chi connectivity index (χ0n) is 14.3. The van der Waals surface area contributed by atoms with Crippen molar-refractivity contribution in [2.24, 2.45) is 0 Å². The average Bonchev–Trinajstić information content (AvgIpc) is 3.31. The van der Waals surface area contributed by atoms with E-state index in [9.17, 15) is 0 Å². The monoisotopic (exact) mass is 339 g/mol. The average molecular weight is 340 g/mol. The molecule has 4 heteroatoms. The van der Waals surface area contributed by atoms with Crippen molar-refractivity contribution in [2.45, 2.75) is 32.6 Å². The van der Waals surface area contributed by atoms with Gasteiger partial charge in [-0.2, -0.15) is 5.10 Å². The summed E-state index contributed by atoms with van der Waals surface area (Å²) >= 11 is 1.95. The maximum atomic E-state index is 4.34. The second-order valence-electron chi connectivity index (χ2n) is 6.07. The number of nitrogens with zero attached hydrogens (tertiary/aromatic N) is 2. The molecule has 0 radical (unpaired) electrons. The summed E-state index contributed by atoms with van der Waals surface area (Å²) in [4.78, 5) is 3.69. The van der Waals surface area contributed by atoms with E-state index in [1.165, 1.54) is 28.2 Å². The van der Waals surface area contributed by atoms with Crippen molar-refractivity contribution < 1.29 is 0 Å². The maximum Gasteiger partial charge on any atom is 0.128 e. The Morgan fingerprint density at radius 3 is 2.67 bits per heavy atom. The van der Waals surface area contributed by atoms with Crippen LogP contribution in [0, 0.1) is 0 Å². The molecule has 3 nitrogen and oxygen atoms in total. The molecular formula is C20H25N3S. The molecule has 0 unspecified atom stereocenters. The van der Waals surface area contributed by atoms with Crippen LogP contribution < -0.4 is 4.90 Å². The minimum atomic E-state index is 0.889. The number of aromatic nitrogens is 2. The van der Waals surface area contributed by atoms with Gasteiger partial charge in [0.05, 0.1) is 12.7 Å². The van der Waals surface area contributed by atoms with Crippen molar-refractivity contribution in [1.29, 1.82) is 0 Å². The molecule has 1 aromatic heterocycles. The standard InChI is InChI=1S/C20H25N3S/c1-3-17-8-10-18(11-9-17)7-6-16(2)23(20-12-13-21-22-20)15-19-5-4-14-24-19/h5,8-13H,2-4,6-7,14-15H2,1H3,(H,21,22). The Morgan fingerprint density at radius 1 is 1.25 bits per heavy atom. The van der Waals surface area contributed by atoms with Crippen LogP contribution in [-0.4, -0.2) is 22.5 Å². The lowest BCUT2D eigenvalue weighted by Gasteiger charge is -2.25. The van der Waals surface area contributed by atoms with Gasteiger partial charge in [0.15, 0.2) is 0 Å². The van der Waals surface area contributed by atoms with Crippen molar-refractivity contribution in [1.82, 2.24) is 10.2 Å². The molecule has 0 bridgehead atoms. The smallest absolute Gasteiger partial charge is 0.128 e. The van der Waals surface area contributed by atoms with Gasteiger partial charge in [0.1, 0.15) is 5.82 Å². The minimum Gasteiger partial charge on any atom is -0.326 e. The van der Waals surface area contributed by atoms with Gasteiger partial charge >= 0.3 is 0 Å². The van der Waals surface area contributed by atoms with Crippen LogP contribution >= 0.6 is 11.8 Å². The fraction of sp³-hybridized carbons (Fsp3) is 0.350. The predicted octanol–water partition coefficient (Wildman–Crippen LogP) is 4.95. The molecule has 0 saturated carbocycles. The van der Waals surface area contributed by atoms with E-state index in [0.717, 1.165) is 37.3 Å². The van der Waals surface area contributed by atoms with Crippen molar-refractivity contribution in [2.75, 3.05) is 17.2 Å². The van der Waals surface area contributed by atoms with Crippen molar-refractivity contribution in [3.63, 3.8) is 0 Å². The molecule has 126 valence electrons. The zero-order chi connectivity index (χ0) is 16.8. The Hall–Kier alpha value is -1.94. The number of rotatable bonds is 8. The van der Waals surface area contributed by atoms with Crippen LogP contribution in [0.2, 0.25) is 0 Å². The predicted molar refractivity (Wildman–Crippen MR) is 104 cm³/mol. The molecule has 0 atom stereocenters. The van der Waals surface area contributed by atoms with E-state index in [2.05, 4.69) is 58.9 Å². The van der Waals surface area contributed by atoms with Gasteiger partial charge in [0.25, 0.3) is 0 Å². The molecule has 0 saturated heterocycles. The van der Waals surface area contributed by atoms with Crippen LogP contribution in [0.1, 0.15) is 30.9 Å². The fourth-order valence-corrected chi connectivity index (χ4v) is 3.82. The Balaban J connectivity index is 1.64. The van der Waals surface area contributed by atoms with Crippen molar-refractivity contribution in [3.8, 4) is 0 Å². The van der Waals surface area contributed by atoms with Crippen LogP contribution in [0.4, 0.5) is 5.82 Å². The third-order valence-electron chi connectivity index (χ3n) is 4.38. The molecule has 1 aliphatic rings. The highest BCUT2D eigenvalue weighted by Crippen LogP contribution is 2.29. The molecule has 1 N–H and O–H groups in total. The number of aromatic amines is 1. The van der Waals surface area contributed by atoms with Gasteiger partial charge in [-0.05, 0) is 36.8 Å². The zero-order valence-corrected chi connectivity index (χ0v) is 15.1. The van der Waals surface area contributed by atoms with Crippen molar-refractivity contribution >= 4 is 17.6 Å². The lowest BCUT2D eigenvalue weighted by Crippen LogP contribution is -2.24. The third kappa shape index (κ3) is 4.32. The number of H-pyrrole nitrogens is 1. The number of benzene rings is 1. The first-order valence-electron chi connectivity index (χ1n) is 8.60. The molecule has 1 aliphatic heterocycles. The first kappa shape index (κ1) is 16.9. The van der Waals surface area contributed by atoms with E-state index in [1.54, 1.807) is 6.20 Å². The number of allylic oxidation sites excluding steroid dienone is 2. The maximum absolute atomic E-state index is 4.34. The van der Waals surface area contributed by atoms with Gasteiger partial charge < -0.3 is 4.90 Å². The number of thioether (sulfide) groups is 1. The Bertz CT molecular complexity index is 686. The quantitative estimate of drug-likeness (QED) is 0.739. The topological polar surface area (TPSA) is 31.9 Å². The number of aryl methyl sites for hydroxylation is 2. The molecule has 0 spiro atoms. The molecule has 0 amide bonds. The number of anilines is 1. The molecule has 0 fully saturated rings. The van der Waals surface area contributed by atoms with E-state index in [1.807, 2.05) is 17.8 Å². The Labute approximate surface area is 148 Å². The summed E-state index contributed by atoms with van der Waals surface area (Å²) in [5.74, 6) is 2.22. The number of hydrogen-bond acceptors (Lipinski definition) is 3. The van der Waals surface area contributed by atoms with E-state index < -0.39 is 0 Å². The summed E-state index contributed by atoms with van der Waals surface area (Å²) < 4.78 is 0. The highest BCUT2D eigenvalue weighted by atomic mass is 32.2. The van der Waals surface area contributed by atoms with Gasteiger partial charge in [-0.25, -0.2) is 0 Å². The normalized spacial score (nSPS) is 13.8. The van der Waals surface area contributed by atoms with Gasteiger partial charge in [-0.1, -0.05) is 43.8 Å². The third-order valence-corrected chi connectivity index (χ3v) is 5.49. The van der Waals surface area contributed by atoms with Crippen molar-refractivity contribution in [3.05, 3.63) is 70.9 Å². The highest BCUT2D eigenvalue weighted by Gasteiger charge is 2.16. The van der Waals surface area contributed by atoms with Gasteiger partial charge in [0, 0.05) is 22.4 Å². The second kappa shape index (κ2) is 8.25. The highest BCUT2D eigenvalue weighted by molar-refractivity contribution is 8.03. The Morgan fingerprint density at radius 2 is 2.04 bits per heavy atom. The van der Waals surface area contributed by atoms with Crippen LogP contribution in [0.15, 0.2) is 59.8 Å². The molecule has 0 aliphatic carbocycles. The first-order chi connectivity index (χ1) is 11.8. The summed E-state index contributed by atoms with van der Waals surface area (Å²) in [6, 6.07) is 10.9. The van der Waals surface area contributed by atoms with E-state index in [-0.39, 0.29) is 0 Å². The van der Waals surface area contributed by atoms with E-state index >= 15 is 0 Å². The summed E-state index contributed by atoms with van der Waals surface area (Å²) in [6.45, 7) is 7.42. The number of nitrogens with one attached hydrogen (secondary N) is 1. The second-order valence-corrected chi connectivity index (χ2v) is 7.29. The van der Waals surface area contributed by atoms with Crippen LogP contribution in [0.5, 0.6) is 0 Å². The molecule has 2 aromatic rings. The van der Waals surface area contributed by atoms with Gasteiger partial charge in [-0.3, -0.25) is 5.10 Å². The molecule has 24 heavy (non-hydrogen) atoms. The summed E-state index contributed by atoms with van der Waals surface area (Å²) in [7, 11) is 0. The minimum absolute atomic E-state index is 0.889. The largest absolute Gasteiger partial charge is 0.326 e. The Kier molecular flexibility index (Phi) is 5.81. The van der Waals surface area contributed by atoms with E-state index in [4.69, 9.17) is 0 Å². The summed E-state index contributed by atoms with van der Waals surface area (Å²) in [5, 5.41) is 7.19. The summed E-state index contributed by atoms with van der Waals surface area (Å²) in [5.41, 5.74) is 3.89. The van der Waals surface area contributed by atoms with Crippen LogP contribution in [-0.2, 0) is 12.8 Å². The van der Waals surface area contributed by atoms with Gasteiger partial charge in [-0.15, -0.1) is 11.8 Å². The molecular weight excluding hydrogens is 314 g/mol. The summed E-state index contributed by atoms with van der Waals surface area (Å²) in [6.07, 6.45) is 8.36. The lowest BCUT2D eigenvalue weighted by atomic mass is 10.0.